The maximum atomic E-state index is 6.06. The van der Waals surface area contributed by atoms with Gasteiger partial charge in [-0.25, -0.2) is 0 Å². The monoisotopic (exact) mass is 436 g/mol. The van der Waals surface area contributed by atoms with Gasteiger partial charge in [0.1, 0.15) is 11.5 Å². The third-order valence-corrected chi connectivity index (χ3v) is 4.28. The van der Waals surface area contributed by atoms with E-state index in [4.69, 9.17) is 16.0 Å². The Morgan fingerprint density at radius 2 is 1.87 bits per heavy atom. The van der Waals surface area contributed by atoms with E-state index in [0.29, 0.717) is 10.8 Å². The summed E-state index contributed by atoms with van der Waals surface area (Å²) in [6, 6.07) is 17.5. The van der Waals surface area contributed by atoms with Crippen molar-refractivity contribution in [3.63, 3.8) is 0 Å². The number of hydrogen-bond acceptors (Lipinski definition) is 3. The second kappa shape index (κ2) is 7.19. The summed E-state index contributed by atoms with van der Waals surface area (Å²) < 4.78 is 7.00. The fraction of sp³-hybridized carbons (Fsp3) is 0.0556. The Hall–Kier alpha value is -1.79. The third kappa shape index (κ3) is 4.14. The number of anilines is 1. The molecular weight excluding hydrogens is 423 g/mol. The molecule has 2 aromatic carbocycles. The number of hydrogen-bond donors (Lipinski definition) is 1. The first-order chi connectivity index (χ1) is 11.1. The highest BCUT2D eigenvalue weighted by atomic mass is 127. The van der Waals surface area contributed by atoms with Gasteiger partial charge in [0.15, 0.2) is 0 Å². The first kappa shape index (κ1) is 16.1. The molecule has 0 aliphatic heterocycles. The van der Waals surface area contributed by atoms with Crippen LogP contribution < -0.4 is 5.43 Å². The molecule has 0 aliphatic carbocycles. The molecule has 0 radical (unpaired) electrons. The number of nitrogens with one attached hydrogen (secondary N) is 1. The van der Waals surface area contributed by atoms with Crippen LogP contribution in [0.4, 0.5) is 5.69 Å². The molecule has 1 N–H and O–H groups in total. The molecule has 23 heavy (non-hydrogen) atoms. The van der Waals surface area contributed by atoms with Crippen LogP contribution in [0.5, 0.6) is 0 Å². The average molecular weight is 437 g/mol. The fourth-order valence-corrected chi connectivity index (χ4v) is 2.65. The first-order valence-corrected chi connectivity index (χ1v) is 8.48. The molecule has 0 aliphatic rings. The van der Waals surface area contributed by atoms with Gasteiger partial charge >= 0.3 is 0 Å². The van der Waals surface area contributed by atoms with Gasteiger partial charge in [-0.15, -0.1) is 0 Å². The minimum absolute atomic E-state index is 0.678. The summed E-state index contributed by atoms with van der Waals surface area (Å²) in [5.74, 6) is 1.46. The molecule has 3 aromatic rings. The number of furan rings is 1. The van der Waals surface area contributed by atoms with Gasteiger partial charge in [0.25, 0.3) is 0 Å². The Morgan fingerprint density at radius 1 is 1.09 bits per heavy atom. The molecule has 0 spiro atoms. The van der Waals surface area contributed by atoms with Crippen molar-refractivity contribution in [3.8, 4) is 11.3 Å². The highest BCUT2D eigenvalue weighted by Crippen LogP contribution is 2.27. The van der Waals surface area contributed by atoms with Crippen molar-refractivity contribution >= 4 is 46.1 Å². The van der Waals surface area contributed by atoms with E-state index >= 15 is 0 Å². The molecule has 5 heteroatoms. The van der Waals surface area contributed by atoms with Crippen LogP contribution in [0.2, 0.25) is 5.02 Å². The van der Waals surface area contributed by atoms with Gasteiger partial charge in [0.05, 0.1) is 11.9 Å². The van der Waals surface area contributed by atoms with Crippen LogP contribution in [0.15, 0.2) is 64.1 Å². The van der Waals surface area contributed by atoms with Crippen molar-refractivity contribution < 1.29 is 4.42 Å². The first-order valence-electron chi connectivity index (χ1n) is 7.03. The van der Waals surface area contributed by atoms with Crippen molar-refractivity contribution in [2.45, 2.75) is 6.92 Å². The molecule has 0 amide bonds. The lowest BCUT2D eigenvalue weighted by atomic mass is 10.1. The van der Waals surface area contributed by atoms with E-state index in [0.717, 1.165) is 22.6 Å². The molecule has 0 atom stereocenters. The predicted octanol–water partition coefficient (Wildman–Crippen LogP) is 5.96. The van der Waals surface area contributed by atoms with Crippen LogP contribution in [0.3, 0.4) is 0 Å². The Morgan fingerprint density at radius 3 is 2.65 bits per heavy atom. The molecule has 116 valence electrons. The normalized spacial score (nSPS) is 11.1. The summed E-state index contributed by atoms with van der Waals surface area (Å²) in [5, 5.41) is 4.88. The molecule has 0 saturated heterocycles. The number of hydrazone groups is 1. The Balaban J connectivity index is 1.73. The molecule has 1 aromatic heterocycles. The van der Waals surface area contributed by atoms with Crippen molar-refractivity contribution in [2.75, 3.05) is 5.43 Å². The fourth-order valence-electron chi connectivity index (χ4n) is 2.12. The van der Waals surface area contributed by atoms with E-state index in [2.05, 4.69) is 33.1 Å². The molecule has 3 rings (SSSR count). The van der Waals surface area contributed by atoms with E-state index < -0.39 is 0 Å². The largest absolute Gasteiger partial charge is 0.455 e. The van der Waals surface area contributed by atoms with Crippen LogP contribution in [-0.2, 0) is 0 Å². The maximum absolute atomic E-state index is 6.06. The van der Waals surface area contributed by atoms with Crippen LogP contribution in [0, 0.1) is 10.5 Å². The van der Waals surface area contributed by atoms with Crippen LogP contribution >= 0.6 is 34.2 Å². The smallest absolute Gasteiger partial charge is 0.147 e. The summed E-state index contributed by atoms with van der Waals surface area (Å²) in [7, 11) is 0. The average Bonchev–Trinajstić information content (AvgIpc) is 3.00. The van der Waals surface area contributed by atoms with Crippen molar-refractivity contribution in [3.05, 3.63) is 74.5 Å². The van der Waals surface area contributed by atoms with Gasteiger partial charge < -0.3 is 4.42 Å². The maximum Gasteiger partial charge on any atom is 0.147 e. The van der Waals surface area contributed by atoms with Gasteiger partial charge in [-0.3, -0.25) is 5.43 Å². The van der Waals surface area contributed by atoms with Gasteiger partial charge in [0, 0.05) is 14.2 Å². The highest BCUT2D eigenvalue weighted by molar-refractivity contribution is 14.1. The SMILES string of the molecule is Cc1ccc(Cl)cc1-c1ccc(/C=N/Nc2ccc(I)cc2)o1. The molecule has 0 unspecified atom stereocenters. The number of halogens is 2. The summed E-state index contributed by atoms with van der Waals surface area (Å²) in [6.45, 7) is 2.03. The minimum atomic E-state index is 0.678. The summed E-state index contributed by atoms with van der Waals surface area (Å²) >= 11 is 8.32. The number of rotatable bonds is 4. The molecule has 1 heterocycles. The molecule has 0 bridgehead atoms. The second-order valence-corrected chi connectivity index (χ2v) is 6.72. The van der Waals surface area contributed by atoms with E-state index in [9.17, 15) is 0 Å². The van der Waals surface area contributed by atoms with E-state index in [1.54, 1.807) is 6.21 Å². The zero-order valence-corrected chi connectivity index (χ0v) is 15.3. The summed E-state index contributed by atoms with van der Waals surface area (Å²) in [4.78, 5) is 0. The van der Waals surface area contributed by atoms with Crippen molar-refractivity contribution in [2.24, 2.45) is 5.10 Å². The number of aryl methyl sites for hydroxylation is 1. The highest BCUT2D eigenvalue weighted by Gasteiger charge is 2.07. The topological polar surface area (TPSA) is 37.5 Å². The van der Waals surface area contributed by atoms with Gasteiger partial charge in [-0.2, -0.15) is 5.10 Å². The number of nitrogens with zero attached hydrogens (tertiary/aromatic N) is 1. The van der Waals surface area contributed by atoms with E-state index in [1.165, 1.54) is 3.57 Å². The van der Waals surface area contributed by atoms with Gasteiger partial charge in [0.2, 0.25) is 0 Å². The second-order valence-electron chi connectivity index (χ2n) is 5.04. The van der Waals surface area contributed by atoms with Crippen LogP contribution in [0.1, 0.15) is 11.3 Å². The molecular formula is C18H14ClIN2O. The van der Waals surface area contributed by atoms with E-state index in [-0.39, 0.29) is 0 Å². The Labute approximate surface area is 153 Å². The van der Waals surface area contributed by atoms with Gasteiger partial charge in [-0.1, -0.05) is 17.7 Å². The summed E-state index contributed by atoms with van der Waals surface area (Å²) in [6.07, 6.45) is 1.65. The molecule has 0 fully saturated rings. The molecule has 3 nitrogen and oxygen atoms in total. The third-order valence-electron chi connectivity index (χ3n) is 3.32. The molecule has 0 saturated carbocycles. The quantitative estimate of drug-likeness (QED) is 0.311. The zero-order valence-electron chi connectivity index (χ0n) is 12.4. The van der Waals surface area contributed by atoms with Crippen molar-refractivity contribution in [1.82, 2.24) is 0 Å². The summed E-state index contributed by atoms with van der Waals surface area (Å²) in [5.41, 5.74) is 6.01. The van der Waals surface area contributed by atoms with Crippen molar-refractivity contribution in [1.29, 1.82) is 0 Å². The van der Waals surface area contributed by atoms with E-state index in [1.807, 2.05) is 61.5 Å². The standard InChI is InChI=1S/C18H14ClIN2O/c1-12-2-3-13(19)10-17(12)18-9-8-16(23-18)11-21-22-15-6-4-14(20)5-7-15/h2-11,22H,1H3/b21-11+. The Bertz CT molecular complexity index is 840. The predicted molar refractivity (Wildman–Crippen MR) is 104 cm³/mol. The lowest BCUT2D eigenvalue weighted by Gasteiger charge is -2.02. The Kier molecular flexibility index (Phi) is 5.03. The zero-order chi connectivity index (χ0) is 16.2. The van der Waals surface area contributed by atoms with Crippen LogP contribution in [0.25, 0.3) is 11.3 Å². The van der Waals surface area contributed by atoms with Gasteiger partial charge in [-0.05, 0) is 83.6 Å². The van der Waals surface area contributed by atoms with Crippen LogP contribution in [-0.4, -0.2) is 6.21 Å². The minimum Gasteiger partial charge on any atom is -0.455 e. The lowest BCUT2D eigenvalue weighted by Crippen LogP contribution is -1.89. The number of benzene rings is 2. The lowest BCUT2D eigenvalue weighted by molar-refractivity contribution is 0.574.